The van der Waals surface area contributed by atoms with E-state index in [1.54, 1.807) is 35.6 Å². The molecule has 0 radical (unpaired) electrons. The van der Waals surface area contributed by atoms with E-state index < -0.39 is 0 Å². The molecule has 3 aromatic rings. The van der Waals surface area contributed by atoms with Crippen LogP contribution in [0.2, 0.25) is 5.02 Å². The molecule has 2 heterocycles. The summed E-state index contributed by atoms with van der Waals surface area (Å²) in [5, 5.41) is 13.8. The van der Waals surface area contributed by atoms with Gasteiger partial charge in [-0.2, -0.15) is 0 Å². The molecule has 0 saturated carbocycles. The normalized spacial score (nSPS) is 14.7. The monoisotopic (exact) mass is 445 g/mol. The zero-order valence-corrected chi connectivity index (χ0v) is 17.8. The first kappa shape index (κ1) is 20.7. The number of piperazine rings is 1. The number of nitrogens with zero attached hydrogens (tertiary/aromatic N) is 4. The summed E-state index contributed by atoms with van der Waals surface area (Å²) >= 11 is 7.65. The molecule has 6 nitrogen and oxygen atoms in total. The van der Waals surface area contributed by atoms with E-state index in [0.29, 0.717) is 23.7 Å². The number of anilines is 2. The molecule has 4 rings (SSSR count). The van der Waals surface area contributed by atoms with E-state index in [4.69, 9.17) is 11.6 Å². The summed E-state index contributed by atoms with van der Waals surface area (Å²) in [7, 11) is 0. The van der Waals surface area contributed by atoms with E-state index in [1.807, 2.05) is 12.1 Å². The number of rotatable bonds is 6. The Kier molecular flexibility index (Phi) is 6.56. The van der Waals surface area contributed by atoms with Crippen LogP contribution in [0.15, 0.2) is 48.5 Å². The van der Waals surface area contributed by atoms with Crippen molar-refractivity contribution in [3.63, 3.8) is 0 Å². The van der Waals surface area contributed by atoms with E-state index in [1.165, 1.54) is 12.1 Å². The maximum atomic E-state index is 13.0. The maximum Gasteiger partial charge on any atom is 0.238 e. The van der Waals surface area contributed by atoms with Crippen LogP contribution in [0, 0.1) is 5.82 Å². The van der Waals surface area contributed by atoms with Crippen molar-refractivity contribution in [3.8, 4) is 0 Å². The highest BCUT2D eigenvalue weighted by molar-refractivity contribution is 7.15. The van der Waals surface area contributed by atoms with Gasteiger partial charge in [0.2, 0.25) is 11.0 Å². The number of carbonyl (C=O) groups excluding carboxylic acids is 1. The zero-order chi connectivity index (χ0) is 20.9. The van der Waals surface area contributed by atoms with Gasteiger partial charge in [-0.1, -0.05) is 47.2 Å². The summed E-state index contributed by atoms with van der Waals surface area (Å²) < 4.78 is 13.0. The first-order valence-corrected chi connectivity index (χ1v) is 10.8. The summed E-state index contributed by atoms with van der Waals surface area (Å²) in [6, 6.07) is 13.7. The Labute approximate surface area is 183 Å². The molecule has 0 aliphatic carbocycles. The number of amides is 1. The summed E-state index contributed by atoms with van der Waals surface area (Å²) in [5.74, 6) is -0.316. The second kappa shape index (κ2) is 9.51. The molecule has 1 N–H and O–H groups in total. The Morgan fingerprint density at radius 2 is 1.80 bits per heavy atom. The lowest BCUT2D eigenvalue weighted by atomic mass is 10.2. The third kappa shape index (κ3) is 5.33. The Hall–Kier alpha value is -2.55. The number of hydrogen-bond donors (Lipinski definition) is 1. The summed E-state index contributed by atoms with van der Waals surface area (Å²) in [5.41, 5.74) is 1.64. The number of benzene rings is 2. The van der Waals surface area contributed by atoms with Crippen LogP contribution in [0.3, 0.4) is 0 Å². The van der Waals surface area contributed by atoms with Gasteiger partial charge in [0.15, 0.2) is 0 Å². The minimum Gasteiger partial charge on any atom is -0.344 e. The van der Waals surface area contributed by atoms with Crippen molar-refractivity contribution in [2.45, 2.75) is 6.42 Å². The van der Waals surface area contributed by atoms with Crippen LogP contribution < -0.4 is 10.2 Å². The minimum atomic E-state index is -0.241. The highest BCUT2D eigenvalue weighted by Gasteiger charge is 2.22. The quantitative estimate of drug-likeness (QED) is 0.627. The number of aromatic nitrogens is 2. The summed E-state index contributed by atoms with van der Waals surface area (Å²) in [4.78, 5) is 16.6. The van der Waals surface area contributed by atoms with E-state index in [0.717, 1.165) is 41.9 Å². The predicted molar refractivity (Wildman–Crippen MR) is 118 cm³/mol. The predicted octanol–water partition coefficient (Wildman–Crippen LogP) is 3.68. The maximum absolute atomic E-state index is 13.0. The van der Waals surface area contributed by atoms with E-state index >= 15 is 0 Å². The second-order valence-electron chi connectivity index (χ2n) is 7.07. The van der Waals surface area contributed by atoms with Gasteiger partial charge in [-0.05, 0) is 29.8 Å². The first-order chi connectivity index (χ1) is 14.6. The molecule has 9 heteroatoms. The molecule has 1 aliphatic heterocycles. The number of nitrogens with one attached hydrogen (secondary N) is 1. The topological polar surface area (TPSA) is 61.4 Å². The van der Waals surface area contributed by atoms with Crippen molar-refractivity contribution >= 4 is 39.7 Å². The molecule has 2 aromatic carbocycles. The van der Waals surface area contributed by atoms with Crippen LogP contribution in [-0.2, 0) is 11.2 Å². The number of hydrogen-bond acceptors (Lipinski definition) is 6. The van der Waals surface area contributed by atoms with Crippen molar-refractivity contribution in [1.82, 2.24) is 15.1 Å². The van der Waals surface area contributed by atoms with Gasteiger partial charge in [-0.3, -0.25) is 9.69 Å². The smallest absolute Gasteiger partial charge is 0.238 e. The molecule has 0 spiro atoms. The van der Waals surface area contributed by atoms with Gasteiger partial charge in [0.1, 0.15) is 10.8 Å². The molecular formula is C21H21ClFN5OS. The van der Waals surface area contributed by atoms with Crippen LogP contribution in [0.5, 0.6) is 0 Å². The van der Waals surface area contributed by atoms with Gasteiger partial charge in [0, 0.05) is 32.6 Å². The van der Waals surface area contributed by atoms with Crippen LogP contribution in [0.25, 0.3) is 0 Å². The Balaban J connectivity index is 1.26. The minimum absolute atomic E-state index is 0.0750. The third-order valence-electron chi connectivity index (χ3n) is 4.88. The van der Waals surface area contributed by atoms with Crippen LogP contribution in [-0.4, -0.2) is 53.7 Å². The Morgan fingerprint density at radius 3 is 2.53 bits per heavy atom. The van der Waals surface area contributed by atoms with Gasteiger partial charge < -0.3 is 10.2 Å². The average molecular weight is 446 g/mol. The third-order valence-corrected chi connectivity index (χ3v) is 6.20. The summed E-state index contributed by atoms with van der Waals surface area (Å²) in [6.07, 6.45) is 0.639. The van der Waals surface area contributed by atoms with Crippen molar-refractivity contribution in [1.29, 1.82) is 0 Å². The molecule has 1 aliphatic rings. The van der Waals surface area contributed by atoms with Gasteiger partial charge in [0.25, 0.3) is 0 Å². The van der Waals surface area contributed by atoms with E-state index in [9.17, 15) is 9.18 Å². The lowest BCUT2D eigenvalue weighted by Gasteiger charge is -2.33. The van der Waals surface area contributed by atoms with Crippen molar-refractivity contribution in [2.75, 3.05) is 42.9 Å². The average Bonchev–Trinajstić information content (AvgIpc) is 3.20. The number of halogens is 2. The van der Waals surface area contributed by atoms with Crippen LogP contribution in [0.4, 0.5) is 15.2 Å². The van der Waals surface area contributed by atoms with Crippen LogP contribution >= 0.6 is 22.9 Å². The zero-order valence-electron chi connectivity index (χ0n) is 16.2. The molecule has 1 saturated heterocycles. The molecule has 0 unspecified atom stereocenters. The lowest BCUT2D eigenvalue weighted by Crippen LogP contribution is -2.48. The molecule has 30 heavy (non-hydrogen) atoms. The van der Waals surface area contributed by atoms with Crippen molar-refractivity contribution in [3.05, 3.63) is 69.9 Å². The largest absolute Gasteiger partial charge is 0.344 e. The second-order valence-corrected chi connectivity index (χ2v) is 8.52. The van der Waals surface area contributed by atoms with E-state index in [2.05, 4.69) is 25.3 Å². The highest BCUT2D eigenvalue weighted by Crippen LogP contribution is 2.24. The SMILES string of the molecule is O=C(CN1CCN(c2nnc(Cc3ccc(F)cc3)s2)CC1)Nc1ccccc1Cl. The molecular weight excluding hydrogens is 425 g/mol. The van der Waals surface area contributed by atoms with Gasteiger partial charge in [0.05, 0.1) is 17.3 Å². The fourth-order valence-electron chi connectivity index (χ4n) is 3.27. The standard InChI is InChI=1S/C21H21ClFN5OS/c22-17-3-1-2-4-18(17)24-19(29)14-27-9-11-28(12-10-27)21-26-25-20(30-21)13-15-5-7-16(23)8-6-15/h1-8H,9-14H2,(H,24,29). The first-order valence-electron chi connectivity index (χ1n) is 9.65. The molecule has 1 fully saturated rings. The molecule has 0 atom stereocenters. The highest BCUT2D eigenvalue weighted by atomic mass is 35.5. The van der Waals surface area contributed by atoms with Gasteiger partial charge in [-0.15, -0.1) is 10.2 Å². The fraction of sp³-hybridized carbons (Fsp3) is 0.286. The Morgan fingerprint density at radius 1 is 1.07 bits per heavy atom. The molecule has 1 aromatic heterocycles. The van der Waals surface area contributed by atoms with Crippen molar-refractivity contribution in [2.24, 2.45) is 0 Å². The van der Waals surface area contributed by atoms with Crippen molar-refractivity contribution < 1.29 is 9.18 Å². The molecule has 0 bridgehead atoms. The lowest BCUT2D eigenvalue weighted by molar-refractivity contribution is -0.117. The van der Waals surface area contributed by atoms with Gasteiger partial charge in [-0.25, -0.2) is 4.39 Å². The Bertz CT molecular complexity index is 1000. The fourth-order valence-corrected chi connectivity index (χ4v) is 4.38. The van der Waals surface area contributed by atoms with Gasteiger partial charge >= 0.3 is 0 Å². The molecule has 1 amide bonds. The number of para-hydroxylation sites is 1. The number of carbonyl (C=O) groups is 1. The molecule has 156 valence electrons. The van der Waals surface area contributed by atoms with E-state index in [-0.39, 0.29) is 11.7 Å². The summed E-state index contributed by atoms with van der Waals surface area (Å²) in [6.45, 7) is 3.42. The van der Waals surface area contributed by atoms with Crippen LogP contribution in [0.1, 0.15) is 10.6 Å².